The number of thiazole rings is 1. The normalized spacial score (nSPS) is 15.6. The number of hydrogen-bond acceptors (Lipinski definition) is 6. The molecular weight excluding hydrogens is 442 g/mol. The quantitative estimate of drug-likeness (QED) is 0.595. The van der Waals surface area contributed by atoms with Gasteiger partial charge in [-0.15, -0.1) is 22.7 Å². The summed E-state index contributed by atoms with van der Waals surface area (Å²) in [5.41, 5.74) is 3.37. The Hall–Kier alpha value is -2.99. The van der Waals surface area contributed by atoms with Crippen molar-refractivity contribution in [3.63, 3.8) is 0 Å². The summed E-state index contributed by atoms with van der Waals surface area (Å²) >= 11 is 2.75. The van der Waals surface area contributed by atoms with Crippen LogP contribution in [0.5, 0.6) is 0 Å². The van der Waals surface area contributed by atoms with E-state index in [0.29, 0.717) is 41.2 Å². The van der Waals surface area contributed by atoms with Crippen LogP contribution < -0.4 is 14.8 Å². The van der Waals surface area contributed by atoms with Gasteiger partial charge < -0.3 is 9.64 Å². The number of para-hydroxylation sites is 1. The standard InChI is InChI=1S/C24H23N3O3S2/c1-15-7-12-31-19(15)13-20-23(29)27(21-16(2)5-4-6-17(21)3)24(32-20)18(14-25)22(28)26-8-10-30-11-9-26/h4-7,12-13H,8-11H2,1-3H3. The number of thiophene rings is 1. The largest absolute Gasteiger partial charge is 0.378 e. The summed E-state index contributed by atoms with van der Waals surface area (Å²) in [6.07, 6.45) is 1.86. The molecule has 1 fully saturated rings. The zero-order valence-electron chi connectivity index (χ0n) is 18.2. The van der Waals surface area contributed by atoms with Crippen molar-refractivity contribution in [3.05, 3.63) is 70.8 Å². The first-order chi connectivity index (χ1) is 15.4. The van der Waals surface area contributed by atoms with Gasteiger partial charge in [-0.2, -0.15) is 5.26 Å². The number of rotatable bonds is 3. The van der Waals surface area contributed by atoms with Crippen molar-refractivity contribution in [2.24, 2.45) is 0 Å². The Bertz CT molecular complexity index is 1380. The van der Waals surface area contributed by atoms with E-state index in [1.807, 2.05) is 56.5 Å². The van der Waals surface area contributed by atoms with Gasteiger partial charge in [-0.3, -0.25) is 14.2 Å². The molecule has 0 atom stereocenters. The number of amides is 1. The van der Waals surface area contributed by atoms with E-state index in [0.717, 1.165) is 21.6 Å². The Morgan fingerprint density at radius 1 is 1.12 bits per heavy atom. The summed E-state index contributed by atoms with van der Waals surface area (Å²) in [4.78, 5) is 29.5. The minimum atomic E-state index is -0.365. The number of carbonyl (C=O) groups is 1. The van der Waals surface area contributed by atoms with Gasteiger partial charge in [-0.25, -0.2) is 0 Å². The van der Waals surface area contributed by atoms with Gasteiger partial charge in [0.2, 0.25) is 0 Å². The molecule has 0 N–H and O–H groups in total. The molecule has 0 spiro atoms. The maximum Gasteiger partial charge on any atom is 0.273 e. The second kappa shape index (κ2) is 9.25. The number of aromatic nitrogens is 1. The number of nitriles is 1. The molecule has 8 heteroatoms. The lowest BCUT2D eigenvalue weighted by Gasteiger charge is -2.26. The minimum absolute atomic E-state index is 0.0146. The maximum atomic E-state index is 13.6. The Balaban J connectivity index is 2.06. The molecule has 0 radical (unpaired) electrons. The van der Waals surface area contributed by atoms with E-state index in [9.17, 15) is 14.9 Å². The molecule has 0 unspecified atom stereocenters. The average Bonchev–Trinajstić information content (AvgIpc) is 3.33. The summed E-state index contributed by atoms with van der Waals surface area (Å²) in [6, 6.07) is 9.89. The fourth-order valence-electron chi connectivity index (χ4n) is 3.77. The van der Waals surface area contributed by atoms with Gasteiger partial charge in [0.05, 0.1) is 23.4 Å². The first kappa shape index (κ1) is 22.2. The molecule has 6 nitrogen and oxygen atoms in total. The molecule has 0 aliphatic carbocycles. The van der Waals surface area contributed by atoms with Crippen LogP contribution in [-0.2, 0) is 9.53 Å². The lowest BCUT2D eigenvalue weighted by atomic mass is 10.1. The van der Waals surface area contributed by atoms with Gasteiger partial charge in [0, 0.05) is 18.0 Å². The van der Waals surface area contributed by atoms with Gasteiger partial charge >= 0.3 is 0 Å². The highest BCUT2D eigenvalue weighted by Gasteiger charge is 2.24. The van der Waals surface area contributed by atoms with Crippen molar-refractivity contribution in [3.8, 4) is 11.8 Å². The van der Waals surface area contributed by atoms with Crippen LogP contribution >= 0.6 is 22.7 Å². The fourth-order valence-corrected chi connectivity index (χ4v) is 5.77. The van der Waals surface area contributed by atoms with Crippen LogP contribution in [0.15, 0.2) is 34.4 Å². The zero-order valence-corrected chi connectivity index (χ0v) is 19.8. The van der Waals surface area contributed by atoms with E-state index in [1.54, 1.807) is 20.8 Å². The Morgan fingerprint density at radius 3 is 2.41 bits per heavy atom. The fraction of sp³-hybridized carbons (Fsp3) is 0.292. The first-order valence-corrected chi connectivity index (χ1v) is 12.0. The van der Waals surface area contributed by atoms with Crippen molar-refractivity contribution >= 4 is 40.2 Å². The number of aryl methyl sites for hydroxylation is 3. The molecule has 2 aromatic heterocycles. The van der Waals surface area contributed by atoms with Crippen molar-refractivity contribution in [1.29, 1.82) is 5.26 Å². The molecule has 1 aliphatic heterocycles. The van der Waals surface area contributed by atoms with Crippen molar-refractivity contribution in [1.82, 2.24) is 9.47 Å². The number of carbonyl (C=O) groups excluding carboxylic acids is 1. The van der Waals surface area contributed by atoms with Crippen LogP contribution in [0.2, 0.25) is 0 Å². The highest BCUT2D eigenvalue weighted by molar-refractivity contribution is 7.11. The van der Waals surface area contributed by atoms with Crippen molar-refractivity contribution in [2.45, 2.75) is 20.8 Å². The number of ether oxygens (including phenoxy) is 1. The van der Waals surface area contributed by atoms with Crippen LogP contribution in [0.3, 0.4) is 0 Å². The van der Waals surface area contributed by atoms with Gasteiger partial charge in [0.15, 0.2) is 5.57 Å². The number of morpholine rings is 1. The number of nitrogens with zero attached hydrogens (tertiary/aromatic N) is 3. The molecule has 3 heterocycles. The smallest absolute Gasteiger partial charge is 0.273 e. The van der Waals surface area contributed by atoms with Gasteiger partial charge in [-0.1, -0.05) is 18.2 Å². The summed E-state index contributed by atoms with van der Waals surface area (Å²) in [5.74, 6) is -0.365. The van der Waals surface area contributed by atoms with E-state index in [2.05, 4.69) is 6.07 Å². The SMILES string of the molecule is Cc1ccsc1C=c1sc(=C(C#N)C(=O)N2CCOCC2)n(-c2c(C)cccc2C)c1=O. The van der Waals surface area contributed by atoms with E-state index >= 15 is 0 Å². The second-order valence-electron chi connectivity index (χ2n) is 7.66. The molecule has 0 saturated carbocycles. The molecule has 3 aromatic rings. The highest BCUT2D eigenvalue weighted by Crippen LogP contribution is 2.18. The van der Waals surface area contributed by atoms with Crippen molar-refractivity contribution in [2.75, 3.05) is 26.3 Å². The van der Waals surface area contributed by atoms with Crippen LogP contribution in [0, 0.1) is 32.1 Å². The molecule has 32 heavy (non-hydrogen) atoms. The third-order valence-electron chi connectivity index (χ3n) is 5.49. The molecule has 1 aromatic carbocycles. The van der Waals surface area contributed by atoms with Gasteiger partial charge in [-0.05, 0) is 55.0 Å². The Morgan fingerprint density at radius 2 is 1.81 bits per heavy atom. The third-order valence-corrected chi connectivity index (χ3v) is 7.55. The topological polar surface area (TPSA) is 75.3 Å². The van der Waals surface area contributed by atoms with Crippen molar-refractivity contribution < 1.29 is 9.53 Å². The van der Waals surface area contributed by atoms with E-state index < -0.39 is 0 Å². The molecule has 164 valence electrons. The van der Waals surface area contributed by atoms with E-state index in [4.69, 9.17) is 4.74 Å². The van der Waals surface area contributed by atoms with Crippen LogP contribution in [0.1, 0.15) is 21.6 Å². The molecule has 1 aliphatic rings. The molecule has 0 bridgehead atoms. The number of benzene rings is 1. The Labute approximate surface area is 193 Å². The monoisotopic (exact) mass is 465 g/mol. The maximum absolute atomic E-state index is 13.6. The summed E-state index contributed by atoms with van der Waals surface area (Å²) in [5, 5.41) is 12.0. The zero-order chi connectivity index (χ0) is 22.8. The van der Waals surface area contributed by atoms with Crippen LogP contribution in [-0.4, -0.2) is 41.7 Å². The average molecular weight is 466 g/mol. The Kier molecular flexibility index (Phi) is 6.42. The minimum Gasteiger partial charge on any atom is -0.378 e. The lowest BCUT2D eigenvalue weighted by molar-refractivity contribution is -0.128. The number of hydrogen-bond donors (Lipinski definition) is 0. The highest BCUT2D eigenvalue weighted by atomic mass is 32.1. The predicted octanol–water partition coefficient (Wildman–Crippen LogP) is 2.25. The molecular formula is C24H23N3O3S2. The van der Waals surface area contributed by atoms with Gasteiger partial charge in [0.25, 0.3) is 11.5 Å². The summed E-state index contributed by atoms with van der Waals surface area (Å²) < 4.78 is 7.75. The lowest BCUT2D eigenvalue weighted by Crippen LogP contribution is -2.42. The van der Waals surface area contributed by atoms with E-state index in [-0.39, 0.29) is 17.0 Å². The molecule has 1 amide bonds. The predicted molar refractivity (Wildman–Crippen MR) is 128 cm³/mol. The van der Waals surface area contributed by atoms with Crippen LogP contribution in [0.4, 0.5) is 0 Å². The second-order valence-corrected chi connectivity index (χ2v) is 9.63. The summed E-state index contributed by atoms with van der Waals surface area (Å²) in [7, 11) is 0. The van der Waals surface area contributed by atoms with Gasteiger partial charge in [0.1, 0.15) is 10.7 Å². The molecule has 1 saturated heterocycles. The first-order valence-electron chi connectivity index (χ1n) is 10.3. The third kappa shape index (κ3) is 4.07. The van der Waals surface area contributed by atoms with E-state index in [1.165, 1.54) is 11.3 Å². The summed E-state index contributed by atoms with van der Waals surface area (Å²) in [6.45, 7) is 7.59. The molecule has 4 rings (SSSR count). The van der Waals surface area contributed by atoms with Crippen LogP contribution in [0.25, 0.3) is 17.3 Å².